The Morgan fingerprint density at radius 2 is 1.68 bits per heavy atom. The smallest absolute Gasteiger partial charge is 0.261 e. The van der Waals surface area contributed by atoms with Gasteiger partial charge in [-0.3, -0.25) is 9.59 Å². The van der Waals surface area contributed by atoms with Crippen molar-refractivity contribution < 1.29 is 19.1 Å². The second kappa shape index (κ2) is 14.6. The highest BCUT2D eigenvalue weighted by atomic mass is 79.9. The molecule has 0 aliphatic rings. The molecule has 1 atom stereocenters. The zero-order valence-corrected chi connectivity index (χ0v) is 24.2. The molecule has 0 fully saturated rings. The summed E-state index contributed by atoms with van der Waals surface area (Å²) < 4.78 is 12.1. The highest BCUT2D eigenvalue weighted by molar-refractivity contribution is 9.10. The van der Waals surface area contributed by atoms with Crippen LogP contribution in [0.25, 0.3) is 0 Å². The second-order valence-electron chi connectivity index (χ2n) is 9.62. The Bertz CT molecular complexity index is 1200. The lowest BCUT2D eigenvalue weighted by atomic mass is 10.0. The molecule has 0 aliphatic carbocycles. The van der Waals surface area contributed by atoms with Gasteiger partial charge in [0.15, 0.2) is 6.61 Å². The summed E-state index contributed by atoms with van der Waals surface area (Å²) in [6.07, 6.45) is 1.29. The van der Waals surface area contributed by atoms with Crippen molar-refractivity contribution in [2.24, 2.45) is 5.92 Å². The van der Waals surface area contributed by atoms with Gasteiger partial charge in [0.25, 0.3) is 5.91 Å². The van der Waals surface area contributed by atoms with E-state index in [1.165, 1.54) is 5.56 Å². The van der Waals surface area contributed by atoms with E-state index in [4.69, 9.17) is 9.47 Å². The van der Waals surface area contributed by atoms with Crippen LogP contribution in [0.15, 0.2) is 77.3 Å². The summed E-state index contributed by atoms with van der Waals surface area (Å²) in [5, 5.41) is 3.04. The van der Waals surface area contributed by atoms with Crippen molar-refractivity contribution in [1.82, 2.24) is 10.2 Å². The Balaban J connectivity index is 1.92. The average molecular weight is 582 g/mol. The average Bonchev–Trinajstić information content (AvgIpc) is 2.93. The number of hydrogen-bond donors (Lipinski definition) is 1. The van der Waals surface area contributed by atoms with Crippen LogP contribution >= 0.6 is 15.9 Å². The highest BCUT2D eigenvalue weighted by Crippen LogP contribution is 2.27. The number of nitrogens with one attached hydrogen (secondary N) is 1. The fourth-order valence-electron chi connectivity index (χ4n) is 4.05. The Hall–Kier alpha value is -3.32. The first-order chi connectivity index (χ1) is 18.3. The molecule has 38 heavy (non-hydrogen) atoms. The minimum Gasteiger partial charge on any atom is -0.497 e. The molecular formula is C31H37BrN2O4. The number of aryl methyl sites for hydroxylation is 1. The van der Waals surface area contributed by atoms with Gasteiger partial charge in [-0.1, -0.05) is 69.3 Å². The monoisotopic (exact) mass is 580 g/mol. The number of methoxy groups -OCH3 is 1. The molecule has 6 nitrogen and oxygen atoms in total. The predicted molar refractivity (Wildman–Crippen MR) is 154 cm³/mol. The molecule has 0 unspecified atom stereocenters. The van der Waals surface area contributed by atoms with Crippen LogP contribution in [0, 0.1) is 5.92 Å². The normalized spacial score (nSPS) is 11.6. The number of hydrogen-bond acceptors (Lipinski definition) is 4. The Morgan fingerprint density at radius 3 is 2.34 bits per heavy atom. The Labute approximate surface area is 234 Å². The maximum Gasteiger partial charge on any atom is 0.261 e. The number of benzene rings is 3. The summed E-state index contributed by atoms with van der Waals surface area (Å²) in [5.41, 5.74) is 3.00. The number of carbonyl (C=O) groups excluding carboxylic acids is 2. The SMILES string of the molecule is CCc1ccc(OCC(=O)N(Cc2cccc(OC)c2)[C@@H](Cc2ccccc2)C(=O)NCC(C)C)c(Br)c1. The van der Waals surface area contributed by atoms with Gasteiger partial charge in [0.1, 0.15) is 17.5 Å². The first-order valence-corrected chi connectivity index (χ1v) is 13.7. The Morgan fingerprint density at radius 1 is 0.947 bits per heavy atom. The molecule has 0 spiro atoms. The highest BCUT2D eigenvalue weighted by Gasteiger charge is 2.31. The van der Waals surface area contributed by atoms with E-state index in [1.54, 1.807) is 12.0 Å². The molecule has 3 rings (SSSR count). The lowest BCUT2D eigenvalue weighted by Crippen LogP contribution is -2.52. The van der Waals surface area contributed by atoms with Gasteiger partial charge >= 0.3 is 0 Å². The zero-order chi connectivity index (χ0) is 27.5. The molecule has 0 heterocycles. The van der Waals surface area contributed by atoms with Gasteiger partial charge in [-0.15, -0.1) is 0 Å². The molecule has 7 heteroatoms. The molecule has 0 aromatic heterocycles. The molecule has 0 bridgehead atoms. The van der Waals surface area contributed by atoms with Crippen LogP contribution in [0.5, 0.6) is 11.5 Å². The fraction of sp³-hybridized carbons (Fsp3) is 0.355. The van der Waals surface area contributed by atoms with Crippen LogP contribution in [0.4, 0.5) is 0 Å². The largest absolute Gasteiger partial charge is 0.497 e. The minimum atomic E-state index is -0.718. The molecule has 3 aromatic carbocycles. The van der Waals surface area contributed by atoms with Crippen LogP contribution in [-0.2, 0) is 29.0 Å². The molecule has 0 aliphatic heterocycles. The van der Waals surface area contributed by atoms with Crippen molar-refractivity contribution >= 4 is 27.7 Å². The van der Waals surface area contributed by atoms with Crippen molar-refractivity contribution in [1.29, 1.82) is 0 Å². The van der Waals surface area contributed by atoms with Crippen molar-refractivity contribution in [2.75, 3.05) is 20.3 Å². The van der Waals surface area contributed by atoms with Crippen molar-refractivity contribution in [3.63, 3.8) is 0 Å². The van der Waals surface area contributed by atoms with Crippen LogP contribution in [0.1, 0.15) is 37.5 Å². The van der Waals surface area contributed by atoms with E-state index >= 15 is 0 Å². The van der Waals surface area contributed by atoms with E-state index in [-0.39, 0.29) is 30.9 Å². The van der Waals surface area contributed by atoms with E-state index in [9.17, 15) is 9.59 Å². The number of amides is 2. The molecule has 3 aromatic rings. The number of ether oxygens (including phenoxy) is 2. The summed E-state index contributed by atoms with van der Waals surface area (Å²) in [6, 6.07) is 22.4. The van der Waals surface area contributed by atoms with E-state index < -0.39 is 6.04 Å². The maximum atomic E-state index is 13.8. The van der Waals surface area contributed by atoms with Gasteiger partial charge in [0.2, 0.25) is 5.91 Å². The van der Waals surface area contributed by atoms with Crippen molar-refractivity contribution in [2.45, 2.75) is 46.2 Å². The van der Waals surface area contributed by atoms with E-state index in [0.717, 1.165) is 22.0 Å². The first kappa shape index (κ1) is 29.2. The zero-order valence-electron chi connectivity index (χ0n) is 22.6. The standard InChI is InChI=1S/C31H37BrN2O4/c1-5-23-14-15-29(27(32)17-23)38-21-30(35)34(20-25-12-9-13-26(16-25)37-4)28(31(36)33-19-22(2)3)18-24-10-7-6-8-11-24/h6-17,22,28H,5,18-21H2,1-4H3,(H,33,36)/t28-/m0/s1. The van der Waals surface area contributed by atoms with Gasteiger partial charge < -0.3 is 19.7 Å². The van der Waals surface area contributed by atoms with Gasteiger partial charge in [-0.05, 0) is 69.2 Å². The summed E-state index contributed by atoms with van der Waals surface area (Å²) in [5.74, 6) is 1.09. The topological polar surface area (TPSA) is 67.9 Å². The second-order valence-corrected chi connectivity index (χ2v) is 10.5. The Kier molecular flexibility index (Phi) is 11.2. The van der Waals surface area contributed by atoms with Gasteiger partial charge in [-0.2, -0.15) is 0 Å². The third kappa shape index (κ3) is 8.62. The van der Waals surface area contributed by atoms with Crippen LogP contribution in [0.3, 0.4) is 0 Å². The third-order valence-corrected chi connectivity index (χ3v) is 6.82. The first-order valence-electron chi connectivity index (χ1n) is 13.0. The summed E-state index contributed by atoms with van der Waals surface area (Å²) in [7, 11) is 1.61. The minimum absolute atomic E-state index is 0.188. The number of nitrogens with zero attached hydrogens (tertiary/aromatic N) is 1. The summed E-state index contributed by atoms with van der Waals surface area (Å²) >= 11 is 3.55. The van der Waals surface area contributed by atoms with E-state index in [2.05, 4.69) is 28.2 Å². The molecule has 0 radical (unpaired) electrons. The number of rotatable bonds is 13. The quantitative estimate of drug-likeness (QED) is 0.277. The lowest BCUT2D eigenvalue weighted by molar-refractivity contribution is -0.142. The lowest BCUT2D eigenvalue weighted by Gasteiger charge is -2.32. The molecule has 202 valence electrons. The van der Waals surface area contributed by atoms with Crippen LogP contribution in [-0.4, -0.2) is 43.0 Å². The van der Waals surface area contributed by atoms with Gasteiger partial charge in [-0.25, -0.2) is 0 Å². The molecule has 2 amide bonds. The third-order valence-electron chi connectivity index (χ3n) is 6.20. The molecule has 1 N–H and O–H groups in total. The molecule has 0 saturated carbocycles. The van der Waals surface area contributed by atoms with Gasteiger partial charge in [0.05, 0.1) is 11.6 Å². The summed E-state index contributed by atoms with van der Waals surface area (Å²) in [4.78, 5) is 28.9. The number of carbonyl (C=O) groups is 2. The van der Waals surface area contributed by atoms with Crippen LogP contribution in [0.2, 0.25) is 0 Å². The molecule has 0 saturated heterocycles. The molecular weight excluding hydrogens is 544 g/mol. The van der Waals surface area contributed by atoms with Crippen molar-refractivity contribution in [3.8, 4) is 11.5 Å². The fourth-order valence-corrected chi connectivity index (χ4v) is 4.59. The van der Waals surface area contributed by atoms with Crippen molar-refractivity contribution in [3.05, 3.63) is 94.0 Å². The maximum absolute atomic E-state index is 13.8. The van der Waals surface area contributed by atoms with E-state index in [1.807, 2.05) is 86.6 Å². The van der Waals surface area contributed by atoms with Gasteiger partial charge in [0, 0.05) is 19.5 Å². The summed E-state index contributed by atoms with van der Waals surface area (Å²) in [6.45, 7) is 6.74. The van der Waals surface area contributed by atoms with E-state index in [0.29, 0.717) is 24.5 Å². The predicted octanol–water partition coefficient (Wildman–Crippen LogP) is 5.81. The van der Waals surface area contributed by atoms with Crippen LogP contribution < -0.4 is 14.8 Å². The number of halogens is 1.